The topological polar surface area (TPSA) is 50.4 Å². The molecule has 0 spiro atoms. The van der Waals surface area contributed by atoms with Crippen molar-refractivity contribution >= 4 is 5.91 Å². The Kier molecular flexibility index (Phi) is 5.62. The van der Waals surface area contributed by atoms with Crippen molar-refractivity contribution in [2.45, 2.75) is 33.2 Å². The molecule has 2 N–H and O–H groups in total. The maximum Gasteiger partial charge on any atom is 0.224 e. The van der Waals surface area contributed by atoms with E-state index in [1.54, 1.807) is 0 Å². The summed E-state index contributed by atoms with van der Waals surface area (Å²) in [6.45, 7) is 8.73. The van der Waals surface area contributed by atoms with Gasteiger partial charge in [-0.25, -0.2) is 0 Å². The van der Waals surface area contributed by atoms with Gasteiger partial charge in [-0.3, -0.25) is 4.79 Å². The summed E-state index contributed by atoms with van der Waals surface area (Å²) in [6, 6.07) is 8.01. The average molecular weight is 290 g/mol. The summed E-state index contributed by atoms with van der Waals surface area (Å²) < 4.78 is 5.67. The van der Waals surface area contributed by atoms with E-state index >= 15 is 0 Å². The summed E-state index contributed by atoms with van der Waals surface area (Å²) in [6.07, 6.45) is 0.931. The Labute approximate surface area is 127 Å². The van der Waals surface area contributed by atoms with Crippen molar-refractivity contribution in [1.82, 2.24) is 10.6 Å². The molecule has 1 aliphatic rings. The quantitative estimate of drug-likeness (QED) is 0.846. The summed E-state index contributed by atoms with van der Waals surface area (Å²) in [7, 11) is 0. The van der Waals surface area contributed by atoms with Crippen molar-refractivity contribution < 1.29 is 9.53 Å². The van der Waals surface area contributed by atoms with Crippen LogP contribution in [0.5, 0.6) is 5.75 Å². The van der Waals surface area contributed by atoms with Crippen LogP contribution in [-0.4, -0.2) is 25.6 Å². The van der Waals surface area contributed by atoms with Crippen LogP contribution < -0.4 is 15.4 Å². The molecule has 1 saturated heterocycles. The van der Waals surface area contributed by atoms with Crippen molar-refractivity contribution in [3.05, 3.63) is 29.8 Å². The van der Waals surface area contributed by atoms with E-state index in [1.807, 2.05) is 31.2 Å². The SMILES string of the molecule is CC(C)COc1ccc(C(C)NC(=O)C2CCNC2)cc1. The summed E-state index contributed by atoms with van der Waals surface area (Å²) in [5, 5.41) is 6.31. The van der Waals surface area contributed by atoms with Crippen LogP contribution in [0, 0.1) is 11.8 Å². The third kappa shape index (κ3) is 4.74. The van der Waals surface area contributed by atoms with Gasteiger partial charge in [-0.05, 0) is 43.5 Å². The average Bonchev–Trinajstić information content (AvgIpc) is 3.00. The van der Waals surface area contributed by atoms with Crippen molar-refractivity contribution in [1.29, 1.82) is 0 Å². The molecular weight excluding hydrogens is 264 g/mol. The zero-order valence-corrected chi connectivity index (χ0v) is 13.2. The highest BCUT2D eigenvalue weighted by Gasteiger charge is 2.23. The number of nitrogens with one attached hydrogen (secondary N) is 2. The van der Waals surface area contributed by atoms with Gasteiger partial charge in [0.1, 0.15) is 5.75 Å². The van der Waals surface area contributed by atoms with Crippen LogP contribution in [0.3, 0.4) is 0 Å². The first kappa shape index (κ1) is 15.8. The molecule has 1 amide bonds. The molecule has 0 radical (unpaired) electrons. The van der Waals surface area contributed by atoms with Gasteiger partial charge in [-0.15, -0.1) is 0 Å². The normalized spacial score (nSPS) is 19.5. The smallest absolute Gasteiger partial charge is 0.224 e. The monoisotopic (exact) mass is 290 g/mol. The molecule has 1 fully saturated rings. The van der Waals surface area contributed by atoms with Gasteiger partial charge in [0.15, 0.2) is 0 Å². The number of carbonyl (C=O) groups excluding carboxylic acids is 1. The molecule has 0 saturated carbocycles. The Morgan fingerprint density at radius 1 is 1.33 bits per heavy atom. The zero-order chi connectivity index (χ0) is 15.2. The Hall–Kier alpha value is -1.55. The van der Waals surface area contributed by atoms with Gasteiger partial charge in [0, 0.05) is 6.54 Å². The molecule has 21 heavy (non-hydrogen) atoms. The number of ether oxygens (including phenoxy) is 1. The molecule has 0 aliphatic carbocycles. The summed E-state index contributed by atoms with van der Waals surface area (Å²) in [5.41, 5.74) is 1.10. The third-order valence-electron chi connectivity index (χ3n) is 3.75. The first-order valence-electron chi connectivity index (χ1n) is 7.80. The van der Waals surface area contributed by atoms with Gasteiger partial charge >= 0.3 is 0 Å². The molecule has 2 atom stereocenters. The molecule has 2 unspecified atom stereocenters. The number of carbonyl (C=O) groups is 1. The van der Waals surface area contributed by atoms with E-state index in [-0.39, 0.29) is 17.9 Å². The number of benzene rings is 1. The van der Waals surface area contributed by atoms with E-state index in [0.717, 1.165) is 37.4 Å². The van der Waals surface area contributed by atoms with Crippen molar-refractivity contribution in [2.75, 3.05) is 19.7 Å². The van der Waals surface area contributed by atoms with E-state index in [4.69, 9.17) is 4.74 Å². The minimum absolute atomic E-state index is 0.0252. The fourth-order valence-electron chi connectivity index (χ4n) is 2.41. The minimum atomic E-state index is 0.0252. The molecule has 4 heteroatoms. The van der Waals surface area contributed by atoms with Crippen molar-refractivity contribution in [3.8, 4) is 5.75 Å². The largest absolute Gasteiger partial charge is 0.493 e. The summed E-state index contributed by atoms with van der Waals surface area (Å²) in [5.74, 6) is 1.66. The number of amides is 1. The predicted molar refractivity (Wildman–Crippen MR) is 84.3 cm³/mol. The fraction of sp³-hybridized carbons (Fsp3) is 0.588. The molecular formula is C17H26N2O2. The third-order valence-corrected chi connectivity index (χ3v) is 3.75. The molecule has 1 aliphatic heterocycles. The van der Waals surface area contributed by atoms with Crippen LogP contribution in [0.4, 0.5) is 0 Å². The van der Waals surface area contributed by atoms with E-state index in [1.165, 1.54) is 0 Å². The predicted octanol–water partition coefficient (Wildman–Crippen LogP) is 2.51. The molecule has 2 rings (SSSR count). The van der Waals surface area contributed by atoms with E-state index in [0.29, 0.717) is 5.92 Å². The Morgan fingerprint density at radius 3 is 2.62 bits per heavy atom. The van der Waals surface area contributed by atoms with Crippen LogP contribution in [-0.2, 0) is 4.79 Å². The number of hydrogen-bond donors (Lipinski definition) is 2. The minimum Gasteiger partial charge on any atom is -0.493 e. The standard InChI is InChI=1S/C17H26N2O2/c1-12(2)11-21-16-6-4-14(5-7-16)13(3)19-17(20)15-8-9-18-10-15/h4-7,12-13,15,18H,8-11H2,1-3H3,(H,19,20). The van der Waals surface area contributed by atoms with Gasteiger partial charge in [0.2, 0.25) is 5.91 Å². The van der Waals surface area contributed by atoms with Crippen LogP contribution in [0.2, 0.25) is 0 Å². The second-order valence-electron chi connectivity index (χ2n) is 6.19. The molecule has 1 heterocycles. The lowest BCUT2D eigenvalue weighted by Crippen LogP contribution is -2.33. The molecule has 4 nitrogen and oxygen atoms in total. The van der Waals surface area contributed by atoms with Crippen LogP contribution >= 0.6 is 0 Å². The van der Waals surface area contributed by atoms with Gasteiger partial charge in [0.25, 0.3) is 0 Å². The Morgan fingerprint density at radius 2 is 2.05 bits per heavy atom. The second-order valence-corrected chi connectivity index (χ2v) is 6.19. The Balaban J connectivity index is 1.87. The van der Waals surface area contributed by atoms with Crippen molar-refractivity contribution in [3.63, 3.8) is 0 Å². The number of hydrogen-bond acceptors (Lipinski definition) is 3. The Bertz CT molecular complexity index is 450. The molecule has 1 aromatic rings. The number of rotatable bonds is 6. The highest BCUT2D eigenvalue weighted by Crippen LogP contribution is 2.19. The molecule has 1 aromatic carbocycles. The van der Waals surface area contributed by atoms with Gasteiger partial charge in [-0.1, -0.05) is 26.0 Å². The molecule has 0 bridgehead atoms. The van der Waals surface area contributed by atoms with Gasteiger partial charge in [-0.2, -0.15) is 0 Å². The lowest BCUT2D eigenvalue weighted by molar-refractivity contribution is -0.125. The highest BCUT2D eigenvalue weighted by atomic mass is 16.5. The first-order chi connectivity index (χ1) is 10.1. The van der Waals surface area contributed by atoms with E-state index in [9.17, 15) is 4.79 Å². The fourth-order valence-corrected chi connectivity index (χ4v) is 2.41. The van der Waals surface area contributed by atoms with Crippen LogP contribution in [0.25, 0.3) is 0 Å². The molecule has 116 valence electrons. The van der Waals surface area contributed by atoms with Gasteiger partial charge in [0.05, 0.1) is 18.6 Å². The van der Waals surface area contributed by atoms with Crippen LogP contribution in [0.15, 0.2) is 24.3 Å². The lowest BCUT2D eigenvalue weighted by atomic mass is 10.1. The second kappa shape index (κ2) is 7.46. The summed E-state index contributed by atoms with van der Waals surface area (Å²) in [4.78, 5) is 12.1. The zero-order valence-electron chi connectivity index (χ0n) is 13.2. The maximum absolute atomic E-state index is 12.1. The molecule has 0 aromatic heterocycles. The highest BCUT2D eigenvalue weighted by molar-refractivity contribution is 5.79. The van der Waals surface area contributed by atoms with Gasteiger partial charge < -0.3 is 15.4 Å². The van der Waals surface area contributed by atoms with Crippen molar-refractivity contribution in [2.24, 2.45) is 11.8 Å². The van der Waals surface area contributed by atoms with E-state index < -0.39 is 0 Å². The first-order valence-corrected chi connectivity index (χ1v) is 7.80. The summed E-state index contributed by atoms with van der Waals surface area (Å²) >= 11 is 0. The maximum atomic E-state index is 12.1. The lowest BCUT2D eigenvalue weighted by Gasteiger charge is -2.17. The van der Waals surface area contributed by atoms with E-state index in [2.05, 4.69) is 24.5 Å². The van der Waals surface area contributed by atoms with Crippen LogP contribution in [0.1, 0.15) is 38.8 Å².